The average Bonchev–Trinajstić information content (AvgIpc) is 2.95. The third-order valence-corrected chi connectivity index (χ3v) is 2.72. The van der Waals surface area contributed by atoms with Crippen LogP contribution in [0.25, 0.3) is 0 Å². The minimum Gasteiger partial charge on any atom is -0.480 e. The van der Waals surface area contributed by atoms with E-state index in [0.29, 0.717) is 12.3 Å². The zero-order valence-corrected chi connectivity index (χ0v) is 9.77. The predicted octanol–water partition coefficient (Wildman–Crippen LogP) is 0.339. The number of carboxylic acids is 1. The lowest BCUT2D eigenvalue weighted by Gasteiger charge is -2.18. The molecule has 0 spiro atoms. The Balaban J connectivity index is 2.44. The largest absolute Gasteiger partial charge is 0.480 e. The Kier molecular flexibility index (Phi) is 4.29. The van der Waals surface area contributed by atoms with Crippen molar-refractivity contribution >= 4 is 11.9 Å². The lowest BCUT2D eigenvalue weighted by Crippen LogP contribution is -2.49. The molecule has 0 bridgehead atoms. The van der Waals surface area contributed by atoms with Gasteiger partial charge in [-0.3, -0.25) is 4.79 Å². The Hall–Kier alpha value is -1.10. The van der Waals surface area contributed by atoms with E-state index >= 15 is 0 Å². The van der Waals surface area contributed by atoms with Crippen LogP contribution in [0.3, 0.4) is 0 Å². The van der Waals surface area contributed by atoms with Gasteiger partial charge in [-0.25, -0.2) is 4.79 Å². The van der Waals surface area contributed by atoms with Crippen molar-refractivity contribution in [2.45, 2.75) is 45.2 Å². The maximum absolute atomic E-state index is 11.6. The highest BCUT2D eigenvalue weighted by atomic mass is 16.4. The highest BCUT2D eigenvalue weighted by Crippen LogP contribution is 2.32. The predicted molar refractivity (Wildman–Crippen MR) is 59.7 cm³/mol. The Morgan fingerprint density at radius 3 is 2.38 bits per heavy atom. The molecule has 0 aromatic carbocycles. The van der Waals surface area contributed by atoms with Crippen LogP contribution in [-0.2, 0) is 9.59 Å². The molecule has 1 aliphatic rings. The first kappa shape index (κ1) is 13.0. The van der Waals surface area contributed by atoms with E-state index in [1.54, 1.807) is 0 Å². The summed E-state index contributed by atoms with van der Waals surface area (Å²) in [7, 11) is 0. The second kappa shape index (κ2) is 5.30. The fourth-order valence-corrected chi connectivity index (χ4v) is 1.69. The lowest BCUT2D eigenvalue weighted by atomic mass is 10.0. The number of carbonyl (C=O) groups excluding carboxylic acids is 1. The maximum Gasteiger partial charge on any atom is 0.326 e. The fraction of sp³-hybridized carbons (Fsp3) is 0.818. The number of hydrogen-bond acceptors (Lipinski definition) is 3. The van der Waals surface area contributed by atoms with E-state index < -0.39 is 18.1 Å². The van der Waals surface area contributed by atoms with Gasteiger partial charge in [0, 0.05) is 0 Å². The van der Waals surface area contributed by atoms with Crippen molar-refractivity contribution in [1.29, 1.82) is 0 Å². The number of carboxylic acid groups (broad SMARTS) is 1. The SMILES string of the molecule is CC(C)CC(N)C(=O)NC(C(=O)O)C1CC1. The van der Waals surface area contributed by atoms with E-state index in [0.717, 1.165) is 12.8 Å². The molecule has 0 radical (unpaired) electrons. The maximum atomic E-state index is 11.6. The molecule has 0 heterocycles. The number of rotatable bonds is 6. The number of aliphatic carboxylic acids is 1. The van der Waals surface area contributed by atoms with Crippen LogP contribution in [0.15, 0.2) is 0 Å². The molecule has 92 valence electrons. The molecule has 1 fully saturated rings. The van der Waals surface area contributed by atoms with Crippen LogP contribution in [0.1, 0.15) is 33.1 Å². The average molecular weight is 228 g/mol. The molecule has 1 rings (SSSR count). The second-order valence-electron chi connectivity index (χ2n) is 4.90. The highest BCUT2D eigenvalue weighted by molar-refractivity contribution is 5.87. The van der Waals surface area contributed by atoms with Crippen LogP contribution < -0.4 is 11.1 Å². The molecular weight excluding hydrogens is 208 g/mol. The summed E-state index contributed by atoms with van der Waals surface area (Å²) in [5.74, 6) is -0.904. The van der Waals surface area contributed by atoms with E-state index in [1.165, 1.54) is 0 Å². The van der Waals surface area contributed by atoms with E-state index in [1.807, 2.05) is 13.8 Å². The van der Waals surface area contributed by atoms with Crippen molar-refractivity contribution in [3.05, 3.63) is 0 Å². The molecule has 2 unspecified atom stereocenters. The lowest BCUT2D eigenvalue weighted by molar-refractivity contribution is -0.142. The van der Waals surface area contributed by atoms with Crippen molar-refractivity contribution in [2.24, 2.45) is 17.6 Å². The molecule has 16 heavy (non-hydrogen) atoms. The number of amides is 1. The van der Waals surface area contributed by atoms with Crippen molar-refractivity contribution < 1.29 is 14.7 Å². The topological polar surface area (TPSA) is 92.4 Å². The summed E-state index contributed by atoms with van der Waals surface area (Å²) in [5, 5.41) is 11.5. The number of nitrogens with one attached hydrogen (secondary N) is 1. The standard InChI is InChI=1S/C11H20N2O3/c1-6(2)5-8(12)10(14)13-9(11(15)16)7-3-4-7/h6-9H,3-5,12H2,1-2H3,(H,13,14)(H,15,16). The molecule has 0 aromatic rings. The van der Waals surface area contributed by atoms with Crippen LogP contribution in [-0.4, -0.2) is 29.1 Å². The molecule has 0 aliphatic heterocycles. The van der Waals surface area contributed by atoms with Crippen LogP contribution in [0.5, 0.6) is 0 Å². The molecule has 2 atom stereocenters. The Bertz CT molecular complexity index is 274. The van der Waals surface area contributed by atoms with Gasteiger partial charge in [0.25, 0.3) is 0 Å². The van der Waals surface area contributed by atoms with Gasteiger partial charge in [0.1, 0.15) is 6.04 Å². The zero-order chi connectivity index (χ0) is 12.3. The summed E-state index contributed by atoms with van der Waals surface area (Å²) in [6.07, 6.45) is 2.32. The molecular formula is C11H20N2O3. The first-order valence-electron chi connectivity index (χ1n) is 5.70. The first-order valence-corrected chi connectivity index (χ1v) is 5.70. The fourth-order valence-electron chi connectivity index (χ4n) is 1.69. The van der Waals surface area contributed by atoms with E-state index in [9.17, 15) is 9.59 Å². The Morgan fingerprint density at radius 1 is 1.44 bits per heavy atom. The zero-order valence-electron chi connectivity index (χ0n) is 9.77. The minimum absolute atomic E-state index is 0.0905. The van der Waals surface area contributed by atoms with Crippen LogP contribution in [0.4, 0.5) is 0 Å². The molecule has 5 heteroatoms. The molecule has 1 aliphatic carbocycles. The molecule has 4 N–H and O–H groups in total. The Labute approximate surface area is 95.4 Å². The van der Waals surface area contributed by atoms with Crippen molar-refractivity contribution in [2.75, 3.05) is 0 Å². The van der Waals surface area contributed by atoms with Crippen molar-refractivity contribution in [3.8, 4) is 0 Å². The molecule has 0 saturated heterocycles. The van der Waals surface area contributed by atoms with E-state index in [2.05, 4.69) is 5.32 Å². The van der Waals surface area contributed by atoms with E-state index in [4.69, 9.17) is 10.8 Å². The third-order valence-electron chi connectivity index (χ3n) is 2.72. The van der Waals surface area contributed by atoms with Gasteiger partial charge in [0.05, 0.1) is 6.04 Å². The van der Waals surface area contributed by atoms with Gasteiger partial charge in [0.2, 0.25) is 5.91 Å². The minimum atomic E-state index is -0.965. The summed E-state index contributed by atoms with van der Waals surface area (Å²) < 4.78 is 0. The smallest absolute Gasteiger partial charge is 0.326 e. The van der Waals surface area contributed by atoms with Crippen LogP contribution in [0.2, 0.25) is 0 Å². The number of carbonyl (C=O) groups is 2. The summed E-state index contributed by atoms with van der Waals surface area (Å²) in [6.45, 7) is 3.95. The molecule has 1 amide bonds. The number of nitrogens with two attached hydrogens (primary N) is 1. The van der Waals surface area contributed by atoms with Gasteiger partial charge < -0.3 is 16.2 Å². The van der Waals surface area contributed by atoms with Gasteiger partial charge in [-0.05, 0) is 31.1 Å². The number of hydrogen-bond donors (Lipinski definition) is 3. The van der Waals surface area contributed by atoms with Crippen molar-refractivity contribution in [3.63, 3.8) is 0 Å². The summed E-state index contributed by atoms with van der Waals surface area (Å²) in [4.78, 5) is 22.5. The Morgan fingerprint density at radius 2 is 2.00 bits per heavy atom. The van der Waals surface area contributed by atoms with Gasteiger partial charge in [0.15, 0.2) is 0 Å². The second-order valence-corrected chi connectivity index (χ2v) is 4.90. The third kappa shape index (κ3) is 3.81. The van der Waals surface area contributed by atoms with Gasteiger partial charge >= 0.3 is 5.97 Å². The van der Waals surface area contributed by atoms with E-state index in [-0.39, 0.29) is 11.8 Å². The summed E-state index contributed by atoms with van der Waals surface area (Å²) in [6, 6.07) is -1.37. The summed E-state index contributed by atoms with van der Waals surface area (Å²) >= 11 is 0. The molecule has 1 saturated carbocycles. The van der Waals surface area contributed by atoms with Crippen LogP contribution in [0, 0.1) is 11.8 Å². The molecule has 5 nitrogen and oxygen atoms in total. The highest BCUT2D eigenvalue weighted by Gasteiger charge is 2.37. The van der Waals surface area contributed by atoms with Gasteiger partial charge in [-0.15, -0.1) is 0 Å². The first-order chi connectivity index (χ1) is 7.41. The van der Waals surface area contributed by atoms with Gasteiger partial charge in [-0.1, -0.05) is 13.8 Å². The molecule has 0 aromatic heterocycles. The summed E-state index contributed by atoms with van der Waals surface area (Å²) in [5.41, 5.74) is 5.68. The van der Waals surface area contributed by atoms with Gasteiger partial charge in [-0.2, -0.15) is 0 Å². The monoisotopic (exact) mass is 228 g/mol. The van der Waals surface area contributed by atoms with Crippen molar-refractivity contribution in [1.82, 2.24) is 5.32 Å². The quantitative estimate of drug-likeness (QED) is 0.611. The van der Waals surface area contributed by atoms with Crippen LogP contribution >= 0.6 is 0 Å². The normalized spacial score (nSPS) is 19.2.